The molecular weight excluding hydrogens is 915 g/mol. The van der Waals surface area contributed by atoms with Gasteiger partial charge in [0.05, 0.1) is 0 Å². The van der Waals surface area contributed by atoms with Crippen LogP contribution in [0.15, 0.2) is 18.2 Å². The second-order valence-corrected chi connectivity index (χ2v) is 19.0. The summed E-state index contributed by atoms with van der Waals surface area (Å²) in [5.41, 5.74) is 3.45. The number of hydrogen-bond donors (Lipinski definition) is 4. The van der Waals surface area contributed by atoms with Crippen molar-refractivity contribution in [1.29, 1.82) is 1.34 Å². The molecular formula is C35H66BIN4O2PU. The van der Waals surface area contributed by atoms with Gasteiger partial charge in [0.15, 0.2) is 0 Å². The number of rotatable bonds is 15. The van der Waals surface area contributed by atoms with Crippen LogP contribution < -0.4 is 21.3 Å². The molecule has 0 spiro atoms. The van der Waals surface area contributed by atoms with Gasteiger partial charge in [-0.3, -0.25) is 0 Å². The van der Waals surface area contributed by atoms with Gasteiger partial charge in [0.2, 0.25) is 0 Å². The number of aryl methyl sites for hydroxylation is 1. The smallest absolute Gasteiger partial charge is 0.319 e. The number of carbonyl (C=O) groups excluding carboxylic acids is 2. The molecule has 1 rings (SSSR count). The van der Waals surface area contributed by atoms with Crippen molar-refractivity contribution in [3.63, 3.8) is 0 Å². The molecule has 1 aromatic carbocycles. The molecule has 45 heavy (non-hydrogen) atoms. The number of hydrogen-bond acceptors (Lipinski definition) is 2. The van der Waals surface area contributed by atoms with Crippen molar-refractivity contribution in [2.75, 3.05) is 23.7 Å². The van der Waals surface area contributed by atoms with Crippen LogP contribution in [0.25, 0.3) is 0 Å². The Hall–Kier alpha value is 0.0369. The Labute approximate surface area is 318 Å². The van der Waals surface area contributed by atoms with Gasteiger partial charge in [-0.15, -0.1) is 6.10 Å². The van der Waals surface area contributed by atoms with Gasteiger partial charge in [-0.05, 0) is 98.0 Å². The van der Waals surface area contributed by atoms with E-state index in [9.17, 15) is 9.59 Å². The molecule has 0 saturated carbocycles. The van der Waals surface area contributed by atoms with Crippen molar-refractivity contribution in [1.82, 2.24) is 10.6 Å². The van der Waals surface area contributed by atoms with Crippen LogP contribution in [0, 0.1) is 71.5 Å². The van der Waals surface area contributed by atoms with Crippen LogP contribution in [-0.2, 0) is 0 Å². The zero-order valence-electron chi connectivity index (χ0n) is 31.8. The molecule has 6 nitrogen and oxygen atoms in total. The van der Waals surface area contributed by atoms with Gasteiger partial charge in [0.25, 0.3) is 0 Å². The van der Waals surface area contributed by atoms with Crippen molar-refractivity contribution in [3.05, 3.63) is 23.8 Å². The standard InChI is InChI=1S/C35H64N4O2.BH2IP.U/c1-25(21-34(10,11)23-32(4,5)6)16-18-36-30(40)38-28-15-14-27(3)29(20-28)39-31(41)37-19-17-26(2)22-35(12,13)24-33(7,8)9;1-3-2;/h14-15,20,25-26H,16-19,21-24H2,1-13H3,(H2,36,38,40)(H2,37,39,41);1,3H;/i;1T;. The molecule has 4 N–H and O–H groups in total. The predicted octanol–water partition coefficient (Wildman–Crippen LogP) is 10.8. The molecule has 0 aliphatic carbocycles. The number of carbonyl (C=O) groups is 2. The van der Waals surface area contributed by atoms with E-state index in [1.54, 1.807) is 0 Å². The number of halogens is 1. The fourth-order valence-corrected chi connectivity index (χ4v) is 7.15. The number of amides is 4. The molecule has 257 valence electrons. The van der Waals surface area contributed by atoms with Gasteiger partial charge in [0, 0.05) is 55.6 Å². The van der Waals surface area contributed by atoms with E-state index in [-0.39, 0.29) is 54.0 Å². The zero-order valence-corrected chi connectivity index (χ0v) is 38.1. The molecule has 0 bridgehead atoms. The van der Waals surface area contributed by atoms with Crippen LogP contribution in [0.3, 0.4) is 0 Å². The minimum absolute atomic E-state index is 0. The van der Waals surface area contributed by atoms with E-state index in [1.165, 1.54) is 20.4 Å². The first-order valence-electron chi connectivity index (χ1n) is 16.8. The molecule has 3 atom stereocenters. The topological polar surface area (TPSA) is 82.3 Å². The average molecular weight is 984 g/mol. The third-order valence-corrected chi connectivity index (χ3v) is 7.41. The molecule has 0 heterocycles. The summed E-state index contributed by atoms with van der Waals surface area (Å²) in [6.07, 6.45) is 7.15. The molecule has 0 aromatic heterocycles. The summed E-state index contributed by atoms with van der Waals surface area (Å²) < 4.78 is 6.33. The number of anilines is 2. The van der Waals surface area contributed by atoms with Crippen LogP contribution in [0.4, 0.5) is 21.0 Å². The fourth-order valence-electron chi connectivity index (χ4n) is 7.15. The maximum atomic E-state index is 12.6. The molecule has 10 heteroatoms. The van der Waals surface area contributed by atoms with Gasteiger partial charge in [0.1, 0.15) is 7.53 Å². The Morgan fingerprint density at radius 1 is 0.822 bits per heavy atom. The van der Waals surface area contributed by atoms with Crippen LogP contribution in [0.1, 0.15) is 127 Å². The summed E-state index contributed by atoms with van der Waals surface area (Å²) in [5.74, 6) is 1.05. The van der Waals surface area contributed by atoms with Crippen molar-refractivity contribution < 1.29 is 40.7 Å². The summed E-state index contributed by atoms with van der Waals surface area (Å²) in [6, 6.07) is 5.12. The van der Waals surface area contributed by atoms with Gasteiger partial charge < -0.3 is 21.3 Å². The van der Waals surface area contributed by atoms with E-state index in [0.717, 1.165) is 31.2 Å². The van der Waals surface area contributed by atoms with E-state index in [2.05, 4.69) is 126 Å². The van der Waals surface area contributed by atoms with Crippen LogP contribution in [0.5, 0.6) is 0 Å². The Morgan fingerprint density at radius 2 is 1.22 bits per heavy atom. The number of nitrogens with one attached hydrogen (secondary N) is 4. The van der Waals surface area contributed by atoms with Gasteiger partial charge >= 0.3 is 12.1 Å². The van der Waals surface area contributed by atoms with Gasteiger partial charge in [-0.1, -0.05) is 111 Å². The van der Waals surface area contributed by atoms with Crippen molar-refractivity contribution >= 4 is 59.1 Å². The first-order chi connectivity index (χ1) is 20.5. The molecule has 0 saturated heterocycles. The second kappa shape index (κ2) is 21.9. The molecule has 4 amide bonds. The summed E-state index contributed by atoms with van der Waals surface area (Å²) >= 11 is 2.14. The van der Waals surface area contributed by atoms with Crippen molar-refractivity contribution in [3.8, 4) is 0 Å². The van der Waals surface area contributed by atoms with E-state index in [0.29, 0.717) is 53.2 Å². The van der Waals surface area contributed by atoms with E-state index >= 15 is 0 Å². The summed E-state index contributed by atoms with van der Waals surface area (Å²) in [6.45, 7) is 30.9. The molecule has 3 unspecified atom stereocenters. The summed E-state index contributed by atoms with van der Waals surface area (Å²) in [4.78, 5) is 25.2. The Bertz CT molecular complexity index is 1030. The summed E-state index contributed by atoms with van der Waals surface area (Å²) in [5, 5.41) is 11.8. The zero-order chi connectivity index (χ0) is 35.1. The van der Waals surface area contributed by atoms with E-state index < -0.39 is 0 Å². The predicted molar refractivity (Wildman–Crippen MR) is 207 cm³/mol. The van der Waals surface area contributed by atoms with E-state index in [4.69, 9.17) is 1.34 Å². The maximum absolute atomic E-state index is 12.6. The molecule has 0 aliphatic rings. The first-order valence-corrected chi connectivity index (χ1v) is 20.4. The Kier molecular flexibility index (Phi) is 21.9. The van der Waals surface area contributed by atoms with Crippen LogP contribution in [-0.4, -0.2) is 34.0 Å². The normalized spacial score (nSPS) is 13.9. The third-order valence-electron chi connectivity index (χ3n) is 7.41. The third kappa shape index (κ3) is 25.7. The minimum atomic E-state index is -0.228. The van der Waals surface area contributed by atoms with Crippen LogP contribution >= 0.6 is 28.1 Å². The monoisotopic (exact) mass is 983 g/mol. The molecule has 0 aliphatic heterocycles. The average Bonchev–Trinajstić information content (AvgIpc) is 2.82. The number of benzene rings is 1. The molecule has 0 fully saturated rings. The quantitative estimate of drug-likeness (QED) is 0.0802. The molecule has 1 radical (unpaired) electrons. The minimum Gasteiger partial charge on any atom is -0.338 e. The fraction of sp³-hybridized carbons (Fsp3) is 0.771. The number of urea groups is 2. The van der Waals surface area contributed by atoms with Crippen molar-refractivity contribution in [2.24, 2.45) is 33.5 Å². The largest absolute Gasteiger partial charge is 0.338 e. The van der Waals surface area contributed by atoms with Gasteiger partial charge in [-0.25, -0.2) is 9.59 Å². The van der Waals surface area contributed by atoms with Gasteiger partial charge in [-0.2, -0.15) is 0 Å². The van der Waals surface area contributed by atoms with Crippen LogP contribution in [0.2, 0.25) is 0 Å². The van der Waals surface area contributed by atoms with E-state index in [1.807, 2.05) is 25.1 Å². The SMILES string of the molecule is Cc1ccc(NC(=O)NCCC(C)CC(C)(C)CC(C)(C)C)cc1NC(=O)NCCC(C)CC(C)(C)CC(C)(C)C.[3H][B]PI.[U]. The summed E-state index contributed by atoms with van der Waals surface area (Å²) in [7, 11) is 1.39. The Balaban J connectivity index is 0. The van der Waals surface area contributed by atoms with Crippen molar-refractivity contribution in [2.45, 2.75) is 129 Å². The first kappa shape index (κ1) is 45.0. The maximum Gasteiger partial charge on any atom is 0.319 e. The Morgan fingerprint density at radius 3 is 1.60 bits per heavy atom. The molecule has 1 aromatic rings. The second-order valence-electron chi connectivity index (χ2n) is 16.9.